The molecule has 0 aliphatic carbocycles. The quantitative estimate of drug-likeness (QED) is 0.274. The monoisotopic (exact) mass is 552 g/mol. The zero-order chi connectivity index (χ0) is 25.3. The average molecular weight is 554 g/mol. The molecule has 35 heavy (non-hydrogen) atoms. The van der Waals surface area contributed by atoms with Gasteiger partial charge in [-0.15, -0.1) is 0 Å². The van der Waals surface area contributed by atoms with Crippen LogP contribution in [-0.4, -0.2) is 30.6 Å². The van der Waals surface area contributed by atoms with Crippen LogP contribution in [0.1, 0.15) is 6.92 Å². The van der Waals surface area contributed by atoms with Gasteiger partial charge in [-0.1, -0.05) is 46.9 Å². The van der Waals surface area contributed by atoms with Crippen molar-refractivity contribution >= 4 is 67.9 Å². The summed E-state index contributed by atoms with van der Waals surface area (Å²) >= 11 is 18.4. The van der Waals surface area contributed by atoms with E-state index in [0.29, 0.717) is 21.5 Å². The molecular weight excluding hydrogens is 539 g/mol. The number of benzene rings is 3. The van der Waals surface area contributed by atoms with Crippen molar-refractivity contribution in [3.8, 4) is 11.5 Å². The Bertz CT molecular complexity index is 1490. The van der Waals surface area contributed by atoms with E-state index in [2.05, 4.69) is 15.3 Å². The van der Waals surface area contributed by atoms with Gasteiger partial charge in [0.2, 0.25) is 0 Å². The number of amides is 1. The Morgan fingerprint density at radius 2 is 1.74 bits per heavy atom. The van der Waals surface area contributed by atoms with Gasteiger partial charge in [0.15, 0.2) is 11.8 Å². The highest BCUT2D eigenvalue weighted by atomic mass is 35.5. The number of anilines is 1. The van der Waals surface area contributed by atoms with E-state index in [1.165, 1.54) is 12.1 Å². The third-order valence-corrected chi connectivity index (χ3v) is 6.51. The number of nitrogens with zero attached hydrogens (tertiary/aromatic N) is 4. The lowest BCUT2D eigenvalue weighted by molar-refractivity contribution is -0.117. The van der Waals surface area contributed by atoms with Crippen LogP contribution in [0.3, 0.4) is 0 Å². The summed E-state index contributed by atoms with van der Waals surface area (Å²) in [7, 11) is -4.52. The molecule has 180 valence electrons. The van der Waals surface area contributed by atoms with Gasteiger partial charge in [0, 0.05) is 5.02 Å². The Balaban J connectivity index is 1.63. The largest absolute Gasteiger partial charge is 0.453 e. The summed E-state index contributed by atoms with van der Waals surface area (Å²) in [6.07, 6.45) is 0. The van der Waals surface area contributed by atoms with Crippen molar-refractivity contribution in [3.63, 3.8) is 0 Å². The van der Waals surface area contributed by atoms with Gasteiger partial charge in [-0.05, 0) is 55.5 Å². The number of hydrogen-bond donors (Lipinski definition) is 1. The molecule has 0 radical (unpaired) electrons. The van der Waals surface area contributed by atoms with Crippen molar-refractivity contribution in [2.75, 3.05) is 5.01 Å². The highest BCUT2D eigenvalue weighted by Crippen LogP contribution is 2.38. The highest BCUT2D eigenvalue weighted by Gasteiger charge is 2.36. The number of ether oxygens (including phenoxy) is 1. The van der Waals surface area contributed by atoms with E-state index < -0.39 is 27.0 Å². The first-order valence-corrected chi connectivity index (χ1v) is 12.4. The summed E-state index contributed by atoms with van der Waals surface area (Å²) < 4.78 is 38.2. The minimum atomic E-state index is -4.52. The van der Waals surface area contributed by atoms with E-state index in [1.54, 1.807) is 43.3 Å². The second kappa shape index (κ2) is 9.92. The number of halogens is 3. The second-order valence-corrected chi connectivity index (χ2v) is 9.91. The molecule has 4 rings (SSSR count). The summed E-state index contributed by atoms with van der Waals surface area (Å²) in [6, 6.07) is 13.8. The lowest BCUT2D eigenvalue weighted by Crippen LogP contribution is -2.30. The first-order valence-electron chi connectivity index (χ1n) is 9.83. The molecule has 13 heteroatoms. The summed E-state index contributed by atoms with van der Waals surface area (Å²) in [5, 5.41) is 14.1. The average Bonchev–Trinajstić information content (AvgIpc) is 3.08. The molecular formula is C22H15Cl3N4O5S. The van der Waals surface area contributed by atoms with Crippen molar-refractivity contribution in [2.45, 2.75) is 17.9 Å². The first kappa shape index (κ1) is 25.1. The normalized spacial score (nSPS) is 16.1. The van der Waals surface area contributed by atoms with Gasteiger partial charge in [0.25, 0.3) is 16.0 Å². The molecule has 0 bridgehead atoms. The summed E-state index contributed by atoms with van der Waals surface area (Å²) in [4.78, 5) is 12.6. The Labute approximate surface area is 215 Å². The summed E-state index contributed by atoms with van der Waals surface area (Å²) in [5.74, 6) is 0.0606. The second-order valence-electron chi connectivity index (χ2n) is 7.24. The van der Waals surface area contributed by atoms with Crippen molar-refractivity contribution in [1.29, 1.82) is 0 Å². The number of azo groups is 1. The van der Waals surface area contributed by atoms with Crippen LogP contribution < -0.4 is 9.75 Å². The van der Waals surface area contributed by atoms with E-state index in [-0.39, 0.29) is 22.1 Å². The lowest BCUT2D eigenvalue weighted by Gasteiger charge is -2.15. The topological polar surface area (TPSA) is 121 Å². The van der Waals surface area contributed by atoms with Crippen molar-refractivity contribution in [3.05, 3.63) is 75.7 Å². The maximum atomic E-state index is 13.1. The molecule has 1 atom stereocenters. The number of hydrogen-bond acceptors (Lipinski definition) is 7. The van der Waals surface area contributed by atoms with Crippen molar-refractivity contribution in [1.82, 2.24) is 0 Å². The third kappa shape index (κ3) is 5.47. The van der Waals surface area contributed by atoms with Crippen LogP contribution in [0.2, 0.25) is 15.1 Å². The minimum absolute atomic E-state index is 0.0330. The van der Waals surface area contributed by atoms with Gasteiger partial charge in [-0.3, -0.25) is 9.35 Å². The summed E-state index contributed by atoms with van der Waals surface area (Å²) in [6.45, 7) is 1.56. The molecule has 3 aromatic rings. The Morgan fingerprint density at radius 1 is 1.00 bits per heavy atom. The molecule has 1 aliphatic heterocycles. The molecule has 0 aromatic heterocycles. The molecule has 1 heterocycles. The Morgan fingerprint density at radius 3 is 2.46 bits per heavy atom. The van der Waals surface area contributed by atoms with Gasteiger partial charge < -0.3 is 4.74 Å². The zero-order valence-electron chi connectivity index (χ0n) is 17.8. The molecule has 0 saturated heterocycles. The molecule has 0 fully saturated rings. The predicted molar refractivity (Wildman–Crippen MR) is 133 cm³/mol. The number of para-hydroxylation sites is 1. The standard InChI is InChI=1S/C22H15Cl3N4O5S/c1-12-21(22(30)29(28-12)18-11-14(35(31,32)33)7-8-15(18)24)27-26-17-10-13(23)6-9-20(17)34-19-5-3-2-4-16(19)25/h2-11,21H,1H3,(H,31,32,33)/t21-/m1/s1. The van der Waals surface area contributed by atoms with Crippen molar-refractivity contribution in [2.24, 2.45) is 15.3 Å². The van der Waals surface area contributed by atoms with E-state index >= 15 is 0 Å². The Kier molecular flexibility index (Phi) is 7.11. The Hall–Kier alpha value is -3.02. The van der Waals surface area contributed by atoms with Gasteiger partial charge in [-0.2, -0.15) is 28.8 Å². The zero-order valence-corrected chi connectivity index (χ0v) is 20.8. The molecule has 3 aromatic carbocycles. The predicted octanol–water partition coefficient (Wildman–Crippen LogP) is 6.56. The number of hydrazone groups is 1. The van der Waals surface area contributed by atoms with Gasteiger partial charge in [-0.25, -0.2) is 0 Å². The molecule has 1 aliphatic rings. The van der Waals surface area contributed by atoms with Gasteiger partial charge >= 0.3 is 0 Å². The fourth-order valence-corrected chi connectivity index (χ4v) is 4.14. The van der Waals surface area contributed by atoms with E-state index in [0.717, 1.165) is 17.1 Å². The number of carbonyl (C=O) groups is 1. The van der Waals surface area contributed by atoms with Crippen LogP contribution in [0.15, 0.2) is 80.9 Å². The third-order valence-electron chi connectivity index (χ3n) is 4.80. The molecule has 1 N–H and O–H groups in total. The fourth-order valence-electron chi connectivity index (χ4n) is 3.10. The van der Waals surface area contributed by atoms with Crippen LogP contribution in [0, 0.1) is 0 Å². The minimum Gasteiger partial charge on any atom is -0.453 e. The number of rotatable bonds is 6. The van der Waals surface area contributed by atoms with E-state index in [9.17, 15) is 17.8 Å². The molecule has 1 amide bonds. The molecule has 0 saturated carbocycles. The maximum absolute atomic E-state index is 13.1. The van der Waals surface area contributed by atoms with Crippen LogP contribution >= 0.6 is 34.8 Å². The summed E-state index contributed by atoms with van der Waals surface area (Å²) in [5.41, 5.74) is 0.486. The maximum Gasteiger partial charge on any atom is 0.294 e. The van der Waals surface area contributed by atoms with Crippen LogP contribution in [0.4, 0.5) is 11.4 Å². The van der Waals surface area contributed by atoms with Gasteiger partial charge in [0.1, 0.15) is 11.4 Å². The smallest absolute Gasteiger partial charge is 0.294 e. The van der Waals surface area contributed by atoms with Crippen LogP contribution in [0.25, 0.3) is 0 Å². The molecule has 9 nitrogen and oxygen atoms in total. The lowest BCUT2D eigenvalue weighted by atomic mass is 10.2. The highest BCUT2D eigenvalue weighted by molar-refractivity contribution is 7.85. The number of carbonyl (C=O) groups excluding carboxylic acids is 1. The fraction of sp³-hybridized carbons (Fsp3) is 0.0909. The van der Waals surface area contributed by atoms with Crippen LogP contribution in [0.5, 0.6) is 11.5 Å². The van der Waals surface area contributed by atoms with Crippen molar-refractivity contribution < 1.29 is 22.5 Å². The molecule has 0 spiro atoms. The van der Waals surface area contributed by atoms with Crippen LogP contribution in [-0.2, 0) is 14.9 Å². The van der Waals surface area contributed by atoms with E-state index in [1.807, 2.05) is 0 Å². The van der Waals surface area contributed by atoms with Gasteiger partial charge in [0.05, 0.1) is 26.3 Å². The molecule has 0 unspecified atom stereocenters. The van der Waals surface area contributed by atoms with E-state index in [4.69, 9.17) is 39.5 Å². The first-order chi connectivity index (χ1) is 16.5. The SMILES string of the molecule is CC1=NN(c2cc(S(=O)(=O)O)ccc2Cl)C(=O)[C@@H]1N=Nc1cc(Cl)ccc1Oc1ccccc1Cl.